The number of primary amides is 1. The van der Waals surface area contributed by atoms with E-state index >= 15 is 0 Å². The number of hydrogen-bond donors (Lipinski definition) is 5. The zero-order chi connectivity index (χ0) is 35.3. The Hall–Kier alpha value is -2.15. The van der Waals surface area contributed by atoms with E-state index in [1.807, 2.05) is 20.8 Å². The molecule has 2 aliphatic carbocycles. The van der Waals surface area contributed by atoms with Crippen LogP contribution in [-0.2, 0) is 23.9 Å². The number of ketones is 1. The third-order valence-corrected chi connectivity index (χ3v) is 10.3. The monoisotopic (exact) mass is 703 g/mol. The highest BCUT2D eigenvalue weighted by Gasteiger charge is 2.48. The van der Waals surface area contributed by atoms with Gasteiger partial charge in [0.2, 0.25) is 17.6 Å². The molecule has 6 atom stereocenters. The highest BCUT2D eigenvalue weighted by molar-refractivity contribution is 6.44. The normalized spacial score (nSPS) is 23.7. The number of halogens is 2. The number of rotatable bonds is 13. The van der Waals surface area contributed by atoms with Gasteiger partial charge >= 0.3 is 6.03 Å². The molecule has 0 bridgehead atoms. The molecule has 3 aliphatic rings. The minimum absolute atomic E-state index is 0.157. The Kier molecular flexibility index (Phi) is 13.8. The van der Waals surface area contributed by atoms with Crippen molar-refractivity contribution in [1.82, 2.24) is 20.9 Å². The first kappa shape index (κ1) is 39.3. The Morgan fingerprint density at radius 2 is 1.51 bits per heavy atom. The SMILES string of the molecule is CC(C)(C)OC(O)[C@@H](NC(=O)N[C@H](C(=O)N1CC[C@H](C(Cl)Cl)[C@H]1C(=O)NC(CC1CCC1)C(=O)C(N)=O)C1CCCCC1)C(C)(C)C. The van der Waals surface area contributed by atoms with Gasteiger partial charge in [-0.05, 0) is 63.7 Å². The number of nitrogens with zero attached hydrogens (tertiary/aromatic N) is 1. The summed E-state index contributed by atoms with van der Waals surface area (Å²) in [6, 6.07) is -4.70. The molecule has 47 heavy (non-hydrogen) atoms. The van der Waals surface area contributed by atoms with Gasteiger partial charge in [-0.3, -0.25) is 19.2 Å². The van der Waals surface area contributed by atoms with Crippen LogP contribution in [0.3, 0.4) is 0 Å². The molecule has 14 heteroatoms. The Labute approximate surface area is 288 Å². The van der Waals surface area contributed by atoms with E-state index in [-0.39, 0.29) is 24.8 Å². The molecular weight excluding hydrogens is 649 g/mol. The van der Waals surface area contributed by atoms with E-state index in [2.05, 4.69) is 16.0 Å². The summed E-state index contributed by atoms with van der Waals surface area (Å²) in [6.45, 7) is 11.1. The lowest BCUT2D eigenvalue weighted by Crippen LogP contribution is -2.62. The summed E-state index contributed by atoms with van der Waals surface area (Å²) >= 11 is 12.7. The van der Waals surface area contributed by atoms with Crippen molar-refractivity contribution in [1.29, 1.82) is 0 Å². The predicted molar refractivity (Wildman–Crippen MR) is 179 cm³/mol. The zero-order valence-electron chi connectivity index (χ0n) is 28.7. The molecular formula is C33H55Cl2N5O7. The molecule has 0 aromatic heterocycles. The molecule has 6 N–H and O–H groups in total. The number of alkyl halides is 2. The summed E-state index contributed by atoms with van der Waals surface area (Å²) in [6.07, 6.45) is 6.23. The number of carbonyl (C=O) groups is 5. The standard InChI is InChI=1S/C33H55Cl2N5O7/c1-32(2,3)25(30(45)47-33(4,5)6)39-31(46)38-22(19-13-8-7-9-14-19)29(44)40-16-15-20(26(34)35)23(40)28(43)37-21(24(41)27(36)42)17-18-11-10-12-18/h18-23,25-26,30,45H,7-17H2,1-6H3,(H2,36,42)(H,37,43)(H2,38,39,46)/t20-,21?,22-,23-,25+,30?/m0/s1. The second kappa shape index (κ2) is 16.5. The minimum atomic E-state index is -1.32. The lowest BCUT2D eigenvalue weighted by Gasteiger charge is -2.39. The molecule has 268 valence electrons. The van der Waals surface area contributed by atoms with Gasteiger partial charge in [-0.1, -0.05) is 59.3 Å². The molecule has 0 aromatic carbocycles. The maximum absolute atomic E-state index is 14.4. The summed E-state index contributed by atoms with van der Waals surface area (Å²) in [5.41, 5.74) is 4.03. The second-order valence-corrected chi connectivity index (χ2v) is 16.7. The van der Waals surface area contributed by atoms with Crippen molar-refractivity contribution in [2.75, 3.05) is 6.54 Å². The topological polar surface area (TPSA) is 180 Å². The zero-order valence-corrected chi connectivity index (χ0v) is 30.2. The first-order valence-corrected chi connectivity index (χ1v) is 17.8. The third kappa shape index (κ3) is 10.9. The summed E-state index contributed by atoms with van der Waals surface area (Å²) in [7, 11) is 0. The number of nitrogens with two attached hydrogens (primary N) is 1. The number of aliphatic hydroxyl groups excluding tert-OH is 1. The molecule has 3 fully saturated rings. The fourth-order valence-electron chi connectivity index (χ4n) is 6.88. The number of urea groups is 1. The van der Waals surface area contributed by atoms with E-state index < -0.39 is 81.8 Å². The maximum atomic E-state index is 14.4. The molecule has 1 heterocycles. The van der Waals surface area contributed by atoms with Crippen LogP contribution in [0.25, 0.3) is 0 Å². The van der Waals surface area contributed by atoms with Crippen molar-refractivity contribution in [3.63, 3.8) is 0 Å². The van der Waals surface area contributed by atoms with Crippen LogP contribution in [-0.4, -0.2) is 87.0 Å². The van der Waals surface area contributed by atoms with Gasteiger partial charge in [0, 0.05) is 12.5 Å². The minimum Gasteiger partial charge on any atom is -0.366 e. The lowest BCUT2D eigenvalue weighted by molar-refractivity contribution is -0.191. The molecule has 12 nitrogen and oxygen atoms in total. The first-order chi connectivity index (χ1) is 21.8. The summed E-state index contributed by atoms with van der Waals surface area (Å²) in [5, 5.41) is 19.3. The van der Waals surface area contributed by atoms with Crippen molar-refractivity contribution >= 4 is 52.7 Å². The molecule has 1 aliphatic heterocycles. The molecule has 0 radical (unpaired) electrons. The Morgan fingerprint density at radius 3 is 2.00 bits per heavy atom. The highest BCUT2D eigenvalue weighted by Crippen LogP contribution is 2.36. The van der Waals surface area contributed by atoms with Crippen molar-refractivity contribution in [3.8, 4) is 0 Å². The van der Waals surface area contributed by atoms with Crippen molar-refractivity contribution in [3.05, 3.63) is 0 Å². The number of hydrogen-bond acceptors (Lipinski definition) is 7. The average molecular weight is 705 g/mol. The number of Topliss-reactive ketones (excluding diaryl/α,β-unsaturated/α-hetero) is 1. The fraction of sp³-hybridized carbons (Fsp3) is 0.848. The molecule has 0 aromatic rings. The van der Waals surface area contributed by atoms with Crippen LogP contribution in [0.15, 0.2) is 0 Å². The quantitative estimate of drug-likeness (QED) is 0.111. The summed E-state index contributed by atoms with van der Waals surface area (Å²) in [4.78, 5) is 66.9. The van der Waals surface area contributed by atoms with Gasteiger partial charge < -0.3 is 36.4 Å². The third-order valence-electron chi connectivity index (χ3n) is 9.64. The molecule has 3 rings (SSSR count). The Bertz CT molecular complexity index is 1130. The molecule has 2 unspecified atom stereocenters. The van der Waals surface area contributed by atoms with Crippen molar-refractivity contribution in [2.24, 2.45) is 28.9 Å². The van der Waals surface area contributed by atoms with Crippen LogP contribution in [0.1, 0.15) is 106 Å². The number of aliphatic hydroxyl groups is 1. The van der Waals surface area contributed by atoms with Gasteiger partial charge in [-0.2, -0.15) is 0 Å². The number of amides is 5. The second-order valence-electron chi connectivity index (χ2n) is 15.5. The van der Waals surface area contributed by atoms with Crippen LogP contribution in [0.2, 0.25) is 0 Å². The number of ether oxygens (including phenoxy) is 1. The molecule has 0 spiro atoms. The van der Waals surface area contributed by atoms with Gasteiger partial charge in [0.1, 0.15) is 16.9 Å². The summed E-state index contributed by atoms with van der Waals surface area (Å²) in [5.74, 6) is -3.80. The summed E-state index contributed by atoms with van der Waals surface area (Å²) < 4.78 is 5.77. The van der Waals surface area contributed by atoms with Crippen molar-refractivity contribution < 1.29 is 33.8 Å². The van der Waals surface area contributed by atoms with Crippen LogP contribution < -0.4 is 21.7 Å². The van der Waals surface area contributed by atoms with Crippen LogP contribution in [0, 0.1) is 23.2 Å². The van der Waals surface area contributed by atoms with Crippen LogP contribution >= 0.6 is 23.2 Å². The van der Waals surface area contributed by atoms with Gasteiger partial charge in [-0.15, -0.1) is 23.2 Å². The van der Waals surface area contributed by atoms with E-state index in [0.717, 1.165) is 38.5 Å². The lowest BCUT2D eigenvalue weighted by atomic mass is 9.80. The van der Waals surface area contributed by atoms with Crippen LogP contribution in [0.4, 0.5) is 4.79 Å². The average Bonchev–Trinajstić information content (AvgIpc) is 3.40. The van der Waals surface area contributed by atoms with Gasteiger partial charge in [0.05, 0.1) is 17.7 Å². The molecule has 2 saturated carbocycles. The largest absolute Gasteiger partial charge is 0.366 e. The van der Waals surface area contributed by atoms with Gasteiger partial charge in [-0.25, -0.2) is 4.79 Å². The van der Waals surface area contributed by atoms with E-state index in [1.54, 1.807) is 20.8 Å². The smallest absolute Gasteiger partial charge is 0.315 e. The van der Waals surface area contributed by atoms with E-state index in [0.29, 0.717) is 19.3 Å². The van der Waals surface area contributed by atoms with Crippen LogP contribution in [0.5, 0.6) is 0 Å². The number of likely N-dealkylation sites (tertiary alicyclic amines) is 1. The Balaban J connectivity index is 1.87. The maximum Gasteiger partial charge on any atom is 0.315 e. The van der Waals surface area contributed by atoms with E-state index in [1.165, 1.54) is 4.90 Å². The predicted octanol–water partition coefficient (Wildman–Crippen LogP) is 3.53. The fourth-order valence-corrected chi connectivity index (χ4v) is 7.41. The van der Waals surface area contributed by atoms with Gasteiger partial charge in [0.25, 0.3) is 5.91 Å². The van der Waals surface area contributed by atoms with Crippen molar-refractivity contribution in [2.45, 2.75) is 147 Å². The van der Waals surface area contributed by atoms with Gasteiger partial charge in [0.15, 0.2) is 6.29 Å². The first-order valence-electron chi connectivity index (χ1n) is 17.0. The Morgan fingerprint density at radius 1 is 0.894 bits per heavy atom. The molecule has 1 saturated heterocycles. The van der Waals surface area contributed by atoms with E-state index in [9.17, 15) is 29.1 Å². The molecule has 5 amide bonds. The highest BCUT2D eigenvalue weighted by atomic mass is 35.5. The number of nitrogens with one attached hydrogen (secondary N) is 3. The number of carbonyl (C=O) groups excluding carboxylic acids is 5. The van der Waals surface area contributed by atoms with E-state index in [4.69, 9.17) is 33.7 Å².